The van der Waals surface area contributed by atoms with Crippen LogP contribution >= 0.6 is 0 Å². The summed E-state index contributed by atoms with van der Waals surface area (Å²) in [7, 11) is 0. The molecule has 2 fully saturated rings. The Morgan fingerprint density at radius 3 is 2.44 bits per heavy atom. The van der Waals surface area contributed by atoms with Gasteiger partial charge in [0.1, 0.15) is 5.76 Å². The van der Waals surface area contributed by atoms with Crippen molar-refractivity contribution < 1.29 is 18.7 Å². The highest BCUT2D eigenvalue weighted by Gasteiger charge is 2.30. The van der Waals surface area contributed by atoms with E-state index in [2.05, 4.69) is 4.90 Å². The molecular formula is C18H27N3O4. The zero-order valence-electron chi connectivity index (χ0n) is 14.9. The molecule has 0 N–H and O–H groups in total. The van der Waals surface area contributed by atoms with Gasteiger partial charge in [-0.1, -0.05) is 0 Å². The lowest BCUT2D eigenvalue weighted by atomic mass is 10.1. The number of piperazine rings is 1. The van der Waals surface area contributed by atoms with Crippen LogP contribution in [0.25, 0.3) is 0 Å². The van der Waals surface area contributed by atoms with Crippen molar-refractivity contribution in [2.75, 3.05) is 52.5 Å². The van der Waals surface area contributed by atoms with E-state index in [1.807, 2.05) is 28.9 Å². The average molecular weight is 349 g/mol. The van der Waals surface area contributed by atoms with Gasteiger partial charge in [-0.2, -0.15) is 0 Å². The fourth-order valence-corrected chi connectivity index (χ4v) is 3.41. The van der Waals surface area contributed by atoms with Crippen LogP contribution < -0.4 is 0 Å². The fraction of sp³-hybridized carbons (Fsp3) is 0.667. The molecule has 1 atom stereocenters. The molecular weight excluding hydrogens is 322 g/mol. The quantitative estimate of drug-likeness (QED) is 0.779. The lowest BCUT2D eigenvalue weighted by molar-refractivity contribution is -0.142. The molecule has 3 heterocycles. The van der Waals surface area contributed by atoms with Crippen LogP contribution in [0, 0.1) is 0 Å². The first-order valence-corrected chi connectivity index (χ1v) is 9.06. The number of carbonyl (C=O) groups excluding carboxylic acids is 2. The fourth-order valence-electron chi connectivity index (χ4n) is 3.41. The maximum atomic E-state index is 12.6. The Bertz CT molecular complexity index is 561. The Labute approximate surface area is 148 Å². The minimum absolute atomic E-state index is 0.140. The van der Waals surface area contributed by atoms with Crippen molar-refractivity contribution in [2.45, 2.75) is 25.8 Å². The second-order valence-corrected chi connectivity index (χ2v) is 6.61. The van der Waals surface area contributed by atoms with Gasteiger partial charge in [0.2, 0.25) is 11.8 Å². The maximum absolute atomic E-state index is 12.6. The third-order valence-electron chi connectivity index (χ3n) is 5.06. The highest BCUT2D eigenvalue weighted by Crippen LogP contribution is 2.12. The molecule has 138 valence electrons. The number of carbonyl (C=O) groups is 2. The Morgan fingerprint density at radius 1 is 1.08 bits per heavy atom. The van der Waals surface area contributed by atoms with E-state index in [0.717, 1.165) is 18.8 Å². The highest BCUT2D eigenvalue weighted by molar-refractivity contribution is 5.81. The Morgan fingerprint density at radius 2 is 1.80 bits per heavy atom. The van der Waals surface area contributed by atoms with Crippen LogP contribution in [0.5, 0.6) is 0 Å². The van der Waals surface area contributed by atoms with Gasteiger partial charge >= 0.3 is 0 Å². The van der Waals surface area contributed by atoms with E-state index in [4.69, 9.17) is 9.15 Å². The first-order chi connectivity index (χ1) is 12.1. The van der Waals surface area contributed by atoms with Crippen molar-refractivity contribution in [1.29, 1.82) is 0 Å². The Kier molecular flexibility index (Phi) is 6.09. The lowest BCUT2D eigenvalue weighted by Gasteiger charge is -2.39. The number of nitrogens with zero attached hydrogens (tertiary/aromatic N) is 3. The zero-order valence-corrected chi connectivity index (χ0v) is 14.9. The summed E-state index contributed by atoms with van der Waals surface area (Å²) in [5.41, 5.74) is 0. The van der Waals surface area contributed by atoms with Gasteiger partial charge in [-0.05, 0) is 19.1 Å². The average Bonchev–Trinajstić information content (AvgIpc) is 3.19. The van der Waals surface area contributed by atoms with Crippen molar-refractivity contribution in [3.63, 3.8) is 0 Å². The molecule has 2 amide bonds. The van der Waals surface area contributed by atoms with Crippen molar-refractivity contribution in [1.82, 2.24) is 14.7 Å². The molecule has 0 saturated carbocycles. The smallest absolute Gasteiger partial charge is 0.239 e. The second kappa shape index (κ2) is 8.49. The summed E-state index contributed by atoms with van der Waals surface area (Å²) in [4.78, 5) is 30.9. The topological polar surface area (TPSA) is 66.2 Å². The van der Waals surface area contributed by atoms with Crippen molar-refractivity contribution in [3.05, 3.63) is 24.2 Å². The van der Waals surface area contributed by atoms with Crippen molar-refractivity contribution >= 4 is 11.8 Å². The minimum Gasteiger partial charge on any atom is -0.469 e. The van der Waals surface area contributed by atoms with Gasteiger partial charge in [0.15, 0.2) is 0 Å². The van der Waals surface area contributed by atoms with Gasteiger partial charge < -0.3 is 19.0 Å². The van der Waals surface area contributed by atoms with Crippen LogP contribution in [0.1, 0.15) is 19.1 Å². The maximum Gasteiger partial charge on any atom is 0.239 e. The predicted octanol–water partition coefficient (Wildman–Crippen LogP) is 0.604. The third-order valence-corrected chi connectivity index (χ3v) is 5.06. The van der Waals surface area contributed by atoms with Crippen molar-refractivity contribution in [2.24, 2.45) is 0 Å². The molecule has 1 aromatic rings. The highest BCUT2D eigenvalue weighted by atomic mass is 16.5. The predicted molar refractivity (Wildman–Crippen MR) is 92.0 cm³/mol. The van der Waals surface area contributed by atoms with Crippen LogP contribution in [-0.4, -0.2) is 85.0 Å². The molecule has 2 aliphatic heterocycles. The molecule has 7 nitrogen and oxygen atoms in total. The summed E-state index contributed by atoms with van der Waals surface area (Å²) in [5.74, 6) is 1.17. The largest absolute Gasteiger partial charge is 0.469 e. The monoisotopic (exact) mass is 349 g/mol. The van der Waals surface area contributed by atoms with E-state index in [1.54, 1.807) is 6.26 Å². The Hall–Kier alpha value is -1.86. The summed E-state index contributed by atoms with van der Waals surface area (Å²) in [5, 5.41) is 0. The summed E-state index contributed by atoms with van der Waals surface area (Å²) >= 11 is 0. The van der Waals surface area contributed by atoms with E-state index in [0.29, 0.717) is 52.2 Å². The van der Waals surface area contributed by atoms with Gasteiger partial charge in [-0.15, -0.1) is 0 Å². The number of ether oxygens (including phenoxy) is 1. The number of rotatable bonds is 5. The van der Waals surface area contributed by atoms with Gasteiger partial charge in [-0.3, -0.25) is 14.5 Å². The molecule has 3 rings (SSSR count). The summed E-state index contributed by atoms with van der Waals surface area (Å²) in [6, 6.07) is 3.59. The number of morpholine rings is 1. The summed E-state index contributed by atoms with van der Waals surface area (Å²) < 4.78 is 10.6. The van der Waals surface area contributed by atoms with Crippen LogP contribution in [0.15, 0.2) is 22.8 Å². The number of hydrogen-bond donors (Lipinski definition) is 0. The van der Waals surface area contributed by atoms with Gasteiger partial charge in [0, 0.05) is 52.1 Å². The standard InChI is InChI=1S/C18H27N3O4/c1-15(18(23)21-10-13-24-14-11-21)19-6-8-20(9-7-19)17(22)5-4-16-3-2-12-25-16/h2-3,12,15H,4-11,13-14H2,1H3/t15-/m0/s1. The van der Waals surface area contributed by atoms with E-state index in [-0.39, 0.29) is 17.9 Å². The normalized spacial score (nSPS) is 20.5. The Balaban J connectivity index is 1.42. The van der Waals surface area contributed by atoms with E-state index in [1.165, 1.54) is 0 Å². The first kappa shape index (κ1) is 17.9. The van der Waals surface area contributed by atoms with Crippen LogP contribution in [0.4, 0.5) is 0 Å². The van der Waals surface area contributed by atoms with Crippen LogP contribution in [-0.2, 0) is 20.7 Å². The SMILES string of the molecule is C[C@@H](C(=O)N1CCOCC1)N1CCN(C(=O)CCc2ccco2)CC1. The number of hydrogen-bond acceptors (Lipinski definition) is 5. The number of furan rings is 1. The molecule has 2 saturated heterocycles. The molecule has 0 radical (unpaired) electrons. The number of amides is 2. The number of aryl methyl sites for hydroxylation is 1. The summed E-state index contributed by atoms with van der Waals surface area (Å²) in [6.45, 7) is 7.39. The molecule has 0 aliphatic carbocycles. The molecule has 25 heavy (non-hydrogen) atoms. The second-order valence-electron chi connectivity index (χ2n) is 6.61. The van der Waals surface area contributed by atoms with Gasteiger partial charge in [-0.25, -0.2) is 0 Å². The van der Waals surface area contributed by atoms with E-state index in [9.17, 15) is 9.59 Å². The van der Waals surface area contributed by atoms with Crippen LogP contribution in [0.3, 0.4) is 0 Å². The third kappa shape index (κ3) is 4.61. The molecule has 0 spiro atoms. The minimum atomic E-state index is -0.140. The van der Waals surface area contributed by atoms with Crippen molar-refractivity contribution in [3.8, 4) is 0 Å². The molecule has 0 aromatic carbocycles. The van der Waals surface area contributed by atoms with Crippen LogP contribution in [0.2, 0.25) is 0 Å². The molecule has 0 unspecified atom stereocenters. The molecule has 2 aliphatic rings. The molecule has 1 aromatic heterocycles. The van der Waals surface area contributed by atoms with E-state index >= 15 is 0 Å². The zero-order chi connectivity index (χ0) is 17.6. The molecule has 7 heteroatoms. The lowest BCUT2D eigenvalue weighted by Crippen LogP contribution is -2.56. The molecule has 0 bridgehead atoms. The van der Waals surface area contributed by atoms with E-state index < -0.39 is 0 Å². The van der Waals surface area contributed by atoms with Gasteiger partial charge in [0.05, 0.1) is 25.5 Å². The van der Waals surface area contributed by atoms with Gasteiger partial charge in [0.25, 0.3) is 0 Å². The summed E-state index contributed by atoms with van der Waals surface area (Å²) in [6.07, 6.45) is 2.74. The first-order valence-electron chi connectivity index (χ1n) is 9.06.